The van der Waals surface area contributed by atoms with Gasteiger partial charge in [0.15, 0.2) is 0 Å². The number of hydrogen-bond acceptors (Lipinski definition) is 7. The number of amides is 1. The molecule has 25 heavy (non-hydrogen) atoms. The van der Waals surface area contributed by atoms with Crippen LogP contribution in [0.15, 0.2) is 40.3 Å². The number of anilines is 1. The van der Waals surface area contributed by atoms with Gasteiger partial charge in [0.2, 0.25) is 12.3 Å². The van der Waals surface area contributed by atoms with Gasteiger partial charge in [-0.25, -0.2) is 0 Å². The smallest absolute Gasteiger partial charge is 0.407 e. The molecule has 0 radical (unpaired) electrons. The lowest BCUT2D eigenvalue weighted by atomic mass is 10.3. The molecule has 0 saturated heterocycles. The van der Waals surface area contributed by atoms with E-state index in [4.69, 9.17) is 9.47 Å². The molecule has 1 unspecified atom stereocenters. The number of methoxy groups -OCH3 is 2. The van der Waals surface area contributed by atoms with Crippen molar-refractivity contribution in [1.82, 2.24) is 10.2 Å². The van der Waals surface area contributed by atoms with E-state index in [0.717, 1.165) is 0 Å². The number of amidine groups is 1. The Kier molecular flexibility index (Phi) is 5.47. The van der Waals surface area contributed by atoms with Crippen LogP contribution in [0.2, 0.25) is 0 Å². The van der Waals surface area contributed by atoms with Gasteiger partial charge < -0.3 is 9.47 Å². The second-order valence-electron chi connectivity index (χ2n) is 4.85. The highest BCUT2D eigenvalue weighted by Crippen LogP contribution is 2.22. The van der Waals surface area contributed by atoms with E-state index in [-0.39, 0.29) is 11.7 Å². The van der Waals surface area contributed by atoms with Crippen LogP contribution in [-0.4, -0.2) is 56.5 Å². The van der Waals surface area contributed by atoms with Gasteiger partial charge in [-0.2, -0.15) is 18.8 Å². The number of rotatable bonds is 4. The summed E-state index contributed by atoms with van der Waals surface area (Å²) in [6, 6.07) is 2.32. The fourth-order valence-corrected chi connectivity index (χ4v) is 1.94. The summed E-state index contributed by atoms with van der Waals surface area (Å²) in [6.07, 6.45) is -1.00. The first-order valence-corrected chi connectivity index (χ1v) is 6.97. The van der Waals surface area contributed by atoms with Crippen LogP contribution in [0.4, 0.5) is 18.9 Å². The first-order chi connectivity index (χ1) is 11.8. The summed E-state index contributed by atoms with van der Waals surface area (Å²) in [5, 5.41) is 0.851. The van der Waals surface area contributed by atoms with Crippen LogP contribution in [-0.2, 0) is 14.3 Å². The molecule has 2 rings (SSSR count). The lowest BCUT2D eigenvalue weighted by molar-refractivity contribution is -0.147. The number of nitrogens with zero attached hydrogens (tertiary/aromatic N) is 4. The number of guanidine groups is 1. The van der Waals surface area contributed by atoms with Crippen LogP contribution < -0.4 is 10.4 Å². The Bertz CT molecular complexity index is 684. The standard InChI is InChI=1S/C14H16F3N5O3/c1-21-12(24-2)18-11(19-13(21)25-3)20-14(15,16)10(23)22(17)9-7-5-4-6-8-9/h4-8,12H,1-3H3,(H,18,20). The lowest BCUT2D eigenvalue weighted by Crippen LogP contribution is -2.54. The highest BCUT2D eigenvalue weighted by molar-refractivity contribution is 6.01. The summed E-state index contributed by atoms with van der Waals surface area (Å²) in [6.45, 7) is 0. The molecule has 1 N–H and O–H groups in total. The predicted octanol–water partition coefficient (Wildman–Crippen LogP) is 1.32. The third-order valence-electron chi connectivity index (χ3n) is 3.16. The summed E-state index contributed by atoms with van der Waals surface area (Å²) in [7, 11) is 4.08. The van der Waals surface area contributed by atoms with Crippen molar-refractivity contribution in [1.29, 1.82) is 0 Å². The van der Waals surface area contributed by atoms with Gasteiger partial charge in [0.25, 0.3) is 6.02 Å². The van der Waals surface area contributed by atoms with Crippen molar-refractivity contribution in [2.24, 2.45) is 9.98 Å². The topological polar surface area (TPSA) is 78.8 Å². The zero-order chi connectivity index (χ0) is 18.6. The van der Waals surface area contributed by atoms with Crippen LogP contribution in [0.5, 0.6) is 0 Å². The third-order valence-corrected chi connectivity index (χ3v) is 3.16. The molecule has 0 fully saturated rings. The highest BCUT2D eigenvalue weighted by atomic mass is 19.3. The highest BCUT2D eigenvalue weighted by Gasteiger charge is 2.45. The third kappa shape index (κ3) is 3.99. The minimum atomic E-state index is -4.31. The van der Waals surface area contributed by atoms with Gasteiger partial charge >= 0.3 is 12.0 Å². The van der Waals surface area contributed by atoms with E-state index in [1.165, 1.54) is 55.7 Å². The zero-order valence-corrected chi connectivity index (χ0v) is 13.6. The van der Waals surface area contributed by atoms with Crippen LogP contribution in [0.1, 0.15) is 0 Å². The van der Waals surface area contributed by atoms with Crippen molar-refractivity contribution < 1.29 is 27.5 Å². The molecule has 0 aliphatic carbocycles. The number of alkyl halides is 2. The number of hydrogen-bond donors (Lipinski definition) is 1. The Hall–Kier alpha value is -2.82. The van der Waals surface area contributed by atoms with E-state index in [0.29, 0.717) is 0 Å². The number of para-hydroxylation sites is 1. The molecular formula is C14H16F3N5O3. The minimum Gasteiger partial charge on any atom is -0.468 e. The molecule has 1 amide bonds. The molecule has 0 bridgehead atoms. The quantitative estimate of drug-likeness (QED) is 0.648. The largest absolute Gasteiger partial charge is 0.468 e. The van der Waals surface area contributed by atoms with Crippen molar-refractivity contribution in [3.63, 3.8) is 0 Å². The SMILES string of the molecule is COC1=NC(NC(F)(F)C(=O)N(F)c2ccccc2)=NC(OC)N1C. The molecule has 0 spiro atoms. The summed E-state index contributed by atoms with van der Waals surface area (Å²) >= 11 is 0. The van der Waals surface area contributed by atoms with Crippen molar-refractivity contribution in [2.45, 2.75) is 12.4 Å². The lowest BCUT2D eigenvalue weighted by Gasteiger charge is -2.29. The Morgan fingerprint density at radius 2 is 1.96 bits per heavy atom. The number of halogens is 3. The number of carbonyl (C=O) groups is 1. The minimum absolute atomic E-state index is 0.0761. The summed E-state index contributed by atoms with van der Waals surface area (Å²) in [4.78, 5) is 20.5. The van der Waals surface area contributed by atoms with Gasteiger partial charge in [0.1, 0.15) is 0 Å². The molecule has 1 heterocycles. The Morgan fingerprint density at radius 1 is 1.32 bits per heavy atom. The van der Waals surface area contributed by atoms with Crippen molar-refractivity contribution in [2.75, 3.05) is 26.4 Å². The van der Waals surface area contributed by atoms with Gasteiger partial charge in [-0.05, 0) is 12.1 Å². The van der Waals surface area contributed by atoms with Gasteiger partial charge in [-0.15, -0.1) is 5.12 Å². The monoisotopic (exact) mass is 359 g/mol. The molecule has 0 saturated carbocycles. The van der Waals surface area contributed by atoms with E-state index < -0.39 is 29.4 Å². The van der Waals surface area contributed by atoms with Crippen LogP contribution in [0.3, 0.4) is 0 Å². The van der Waals surface area contributed by atoms with Crippen molar-refractivity contribution in [3.05, 3.63) is 30.3 Å². The zero-order valence-electron chi connectivity index (χ0n) is 13.6. The first kappa shape index (κ1) is 18.5. The van der Waals surface area contributed by atoms with Gasteiger partial charge in [-0.1, -0.05) is 22.7 Å². The Morgan fingerprint density at radius 3 is 2.52 bits per heavy atom. The molecule has 1 atom stereocenters. The second kappa shape index (κ2) is 7.38. The average molecular weight is 359 g/mol. The van der Waals surface area contributed by atoms with Crippen LogP contribution in [0, 0.1) is 0 Å². The maximum absolute atomic E-state index is 14.1. The van der Waals surface area contributed by atoms with Gasteiger partial charge in [0.05, 0.1) is 12.8 Å². The molecule has 1 aromatic carbocycles. The van der Waals surface area contributed by atoms with E-state index >= 15 is 0 Å². The molecule has 1 aliphatic rings. The Balaban J connectivity index is 2.19. The molecule has 1 aliphatic heterocycles. The second-order valence-corrected chi connectivity index (χ2v) is 4.85. The molecule has 0 aromatic heterocycles. The number of benzene rings is 1. The number of nitrogens with one attached hydrogen (secondary N) is 1. The van der Waals surface area contributed by atoms with Gasteiger partial charge in [0, 0.05) is 14.2 Å². The van der Waals surface area contributed by atoms with E-state index in [2.05, 4.69) is 9.98 Å². The molecule has 11 heteroatoms. The first-order valence-electron chi connectivity index (χ1n) is 6.97. The predicted molar refractivity (Wildman–Crippen MR) is 83.6 cm³/mol. The van der Waals surface area contributed by atoms with E-state index in [1.807, 2.05) is 0 Å². The van der Waals surface area contributed by atoms with Gasteiger partial charge in [-0.3, -0.25) is 15.0 Å². The summed E-state index contributed by atoms with van der Waals surface area (Å²) in [5.74, 6) is -2.76. The summed E-state index contributed by atoms with van der Waals surface area (Å²) in [5.41, 5.74) is -0.338. The van der Waals surface area contributed by atoms with E-state index in [1.54, 1.807) is 6.07 Å². The fourth-order valence-electron chi connectivity index (χ4n) is 1.94. The maximum atomic E-state index is 14.1. The molecular weight excluding hydrogens is 343 g/mol. The van der Waals surface area contributed by atoms with Crippen LogP contribution >= 0.6 is 0 Å². The maximum Gasteiger partial charge on any atom is 0.407 e. The average Bonchev–Trinajstić information content (AvgIpc) is 2.62. The Labute approximate surface area is 141 Å². The van der Waals surface area contributed by atoms with Crippen LogP contribution in [0.25, 0.3) is 0 Å². The number of carbonyl (C=O) groups excluding carboxylic acids is 1. The molecule has 8 nitrogen and oxygen atoms in total. The van der Waals surface area contributed by atoms with Crippen molar-refractivity contribution in [3.8, 4) is 0 Å². The number of aliphatic imine (C=N–C) groups is 2. The van der Waals surface area contributed by atoms with Crippen molar-refractivity contribution >= 4 is 23.6 Å². The summed E-state index contributed by atoms with van der Waals surface area (Å²) < 4.78 is 52.1. The number of ether oxygens (including phenoxy) is 2. The normalized spacial score (nSPS) is 17.5. The molecule has 136 valence electrons. The fraction of sp³-hybridized carbons (Fsp3) is 0.357. The molecule has 1 aromatic rings. The van der Waals surface area contributed by atoms with E-state index in [9.17, 15) is 18.1 Å².